The number of hydrogen-bond acceptors (Lipinski definition) is 2. The van der Waals surface area contributed by atoms with Gasteiger partial charge in [-0.3, -0.25) is 4.68 Å². The first-order valence-corrected chi connectivity index (χ1v) is 9.33. The van der Waals surface area contributed by atoms with Crippen molar-refractivity contribution in [3.8, 4) is 0 Å². The second kappa shape index (κ2) is 9.62. The molecule has 3 nitrogen and oxygen atoms in total. The number of halogens is 1. The number of hydrogen-bond donors (Lipinski definition) is 1. The lowest BCUT2D eigenvalue weighted by Crippen LogP contribution is -2.36. The highest BCUT2D eigenvalue weighted by molar-refractivity contribution is 9.10. The van der Waals surface area contributed by atoms with Gasteiger partial charge in [-0.05, 0) is 48.7 Å². The number of nitrogens with one attached hydrogen (secondary N) is 1. The molecule has 2 unspecified atom stereocenters. The lowest BCUT2D eigenvalue weighted by Gasteiger charge is -2.26. The maximum absolute atomic E-state index is 4.72. The lowest BCUT2D eigenvalue weighted by molar-refractivity contribution is 0.324. The van der Waals surface area contributed by atoms with Crippen LogP contribution in [0.5, 0.6) is 0 Å². The molecule has 0 aliphatic carbocycles. The van der Waals surface area contributed by atoms with E-state index in [2.05, 4.69) is 60.7 Å². The topological polar surface area (TPSA) is 29.9 Å². The Hall–Kier alpha value is -0.350. The van der Waals surface area contributed by atoms with Crippen LogP contribution in [0.4, 0.5) is 0 Å². The minimum atomic E-state index is 0.532. The molecule has 21 heavy (non-hydrogen) atoms. The van der Waals surface area contributed by atoms with Gasteiger partial charge in [-0.25, -0.2) is 0 Å². The smallest absolute Gasteiger partial charge is 0.0766 e. The third kappa shape index (κ3) is 4.82. The average molecular weight is 358 g/mol. The minimum absolute atomic E-state index is 0.532. The van der Waals surface area contributed by atoms with Crippen molar-refractivity contribution < 1.29 is 0 Å². The number of nitrogens with zero attached hydrogens (tertiary/aromatic N) is 2. The van der Waals surface area contributed by atoms with E-state index in [1.165, 1.54) is 41.5 Å². The number of aromatic nitrogens is 2. The number of rotatable bonds is 10. The number of aryl methyl sites for hydroxylation is 2. The normalized spacial score (nSPS) is 14.4. The molecule has 0 amide bonds. The summed E-state index contributed by atoms with van der Waals surface area (Å²) in [6.45, 7) is 9.87. The molecule has 0 radical (unpaired) electrons. The summed E-state index contributed by atoms with van der Waals surface area (Å²) in [7, 11) is 2.10. The SMILES string of the molecule is CCCCC(CC)C(Cc1c(Br)c(CC)nn1CC)NC. The third-order valence-electron chi connectivity index (χ3n) is 4.50. The predicted molar refractivity (Wildman–Crippen MR) is 94.8 cm³/mol. The van der Waals surface area contributed by atoms with Crippen LogP contribution in [0.2, 0.25) is 0 Å². The van der Waals surface area contributed by atoms with E-state index < -0.39 is 0 Å². The Morgan fingerprint density at radius 2 is 1.95 bits per heavy atom. The first-order chi connectivity index (χ1) is 10.1. The highest BCUT2D eigenvalue weighted by Crippen LogP contribution is 2.27. The van der Waals surface area contributed by atoms with E-state index in [1.54, 1.807) is 0 Å². The van der Waals surface area contributed by atoms with Crippen molar-refractivity contribution >= 4 is 15.9 Å². The Balaban J connectivity index is 2.92. The maximum atomic E-state index is 4.72. The van der Waals surface area contributed by atoms with Crippen LogP contribution in [0.3, 0.4) is 0 Å². The molecule has 1 aromatic heterocycles. The van der Waals surface area contributed by atoms with Gasteiger partial charge in [0.15, 0.2) is 0 Å². The van der Waals surface area contributed by atoms with Gasteiger partial charge in [0.2, 0.25) is 0 Å². The predicted octanol–water partition coefficient (Wildman–Crippen LogP) is 4.57. The molecule has 0 bridgehead atoms. The third-order valence-corrected chi connectivity index (χ3v) is 5.42. The summed E-state index contributed by atoms with van der Waals surface area (Å²) in [5.41, 5.74) is 2.53. The molecule has 1 aromatic rings. The van der Waals surface area contributed by atoms with Gasteiger partial charge < -0.3 is 5.32 Å². The van der Waals surface area contributed by atoms with E-state index in [9.17, 15) is 0 Å². The summed E-state index contributed by atoms with van der Waals surface area (Å²) in [6, 6.07) is 0.532. The summed E-state index contributed by atoms with van der Waals surface area (Å²) in [5.74, 6) is 0.743. The zero-order valence-electron chi connectivity index (χ0n) is 14.4. The minimum Gasteiger partial charge on any atom is -0.316 e. The summed E-state index contributed by atoms with van der Waals surface area (Å²) in [6.07, 6.45) is 7.20. The van der Waals surface area contributed by atoms with Crippen LogP contribution >= 0.6 is 15.9 Å². The van der Waals surface area contributed by atoms with Crippen molar-refractivity contribution in [3.05, 3.63) is 15.9 Å². The van der Waals surface area contributed by atoms with Crippen molar-refractivity contribution in [3.63, 3.8) is 0 Å². The Morgan fingerprint density at radius 1 is 1.24 bits per heavy atom. The Labute approximate surface area is 139 Å². The van der Waals surface area contributed by atoms with E-state index >= 15 is 0 Å². The zero-order valence-corrected chi connectivity index (χ0v) is 16.0. The van der Waals surface area contributed by atoms with Crippen molar-refractivity contribution in [2.75, 3.05) is 7.05 Å². The number of unbranched alkanes of at least 4 members (excludes halogenated alkanes) is 1. The second-order valence-corrected chi connectivity index (χ2v) is 6.58. The first-order valence-electron chi connectivity index (χ1n) is 8.53. The Morgan fingerprint density at radius 3 is 2.43 bits per heavy atom. The standard InChI is InChI=1S/C17H32BrN3/c1-6-10-11-13(7-2)15(19-5)12-16-17(18)14(8-3)20-21(16)9-4/h13,15,19H,6-12H2,1-5H3. The van der Waals surface area contributed by atoms with Crippen LogP contribution < -0.4 is 5.32 Å². The lowest BCUT2D eigenvalue weighted by atomic mass is 9.88. The van der Waals surface area contributed by atoms with Crippen molar-refractivity contribution in [1.82, 2.24) is 15.1 Å². The van der Waals surface area contributed by atoms with Crippen molar-refractivity contribution in [1.29, 1.82) is 0 Å². The Bertz CT molecular complexity index is 414. The van der Waals surface area contributed by atoms with E-state index in [0.29, 0.717) is 6.04 Å². The second-order valence-electron chi connectivity index (χ2n) is 5.79. The fraction of sp³-hybridized carbons (Fsp3) is 0.824. The van der Waals surface area contributed by atoms with Crippen LogP contribution in [-0.2, 0) is 19.4 Å². The van der Waals surface area contributed by atoms with Gasteiger partial charge in [0.1, 0.15) is 0 Å². The van der Waals surface area contributed by atoms with Crippen LogP contribution in [0.15, 0.2) is 4.47 Å². The molecule has 1 rings (SSSR count). The van der Waals surface area contributed by atoms with Gasteiger partial charge in [0.05, 0.1) is 15.9 Å². The summed E-state index contributed by atoms with van der Waals surface area (Å²) in [5, 5.41) is 8.28. The van der Waals surface area contributed by atoms with E-state index in [0.717, 1.165) is 25.3 Å². The molecule has 0 aromatic carbocycles. The van der Waals surface area contributed by atoms with Crippen LogP contribution in [0.25, 0.3) is 0 Å². The molecule has 122 valence electrons. The molecule has 0 spiro atoms. The summed E-state index contributed by atoms with van der Waals surface area (Å²) < 4.78 is 3.39. The van der Waals surface area contributed by atoms with Crippen LogP contribution in [-0.4, -0.2) is 22.9 Å². The fourth-order valence-electron chi connectivity index (χ4n) is 3.08. The molecule has 0 aliphatic heterocycles. The largest absolute Gasteiger partial charge is 0.316 e. The monoisotopic (exact) mass is 357 g/mol. The Kier molecular flexibility index (Phi) is 8.57. The van der Waals surface area contributed by atoms with Gasteiger partial charge in [0, 0.05) is 19.0 Å². The fourth-order valence-corrected chi connectivity index (χ4v) is 3.81. The summed E-state index contributed by atoms with van der Waals surface area (Å²) in [4.78, 5) is 0. The van der Waals surface area contributed by atoms with Gasteiger partial charge in [-0.2, -0.15) is 5.10 Å². The van der Waals surface area contributed by atoms with E-state index in [1.807, 2.05) is 0 Å². The van der Waals surface area contributed by atoms with Gasteiger partial charge >= 0.3 is 0 Å². The van der Waals surface area contributed by atoms with Gasteiger partial charge in [0.25, 0.3) is 0 Å². The molecule has 0 fully saturated rings. The van der Waals surface area contributed by atoms with Crippen molar-refractivity contribution in [2.24, 2.45) is 5.92 Å². The van der Waals surface area contributed by atoms with Crippen LogP contribution in [0, 0.1) is 5.92 Å². The molecule has 4 heteroatoms. The number of likely N-dealkylation sites (N-methyl/N-ethyl adjacent to an activating group) is 1. The molecular formula is C17H32BrN3. The molecule has 2 atom stereocenters. The maximum Gasteiger partial charge on any atom is 0.0766 e. The zero-order chi connectivity index (χ0) is 15.8. The quantitative estimate of drug-likeness (QED) is 0.664. The molecular weight excluding hydrogens is 326 g/mol. The van der Waals surface area contributed by atoms with E-state index in [-0.39, 0.29) is 0 Å². The average Bonchev–Trinajstić information content (AvgIpc) is 2.82. The summed E-state index contributed by atoms with van der Waals surface area (Å²) >= 11 is 3.77. The first kappa shape index (κ1) is 18.7. The molecule has 0 saturated heterocycles. The molecule has 0 aliphatic rings. The van der Waals surface area contributed by atoms with Crippen molar-refractivity contribution in [2.45, 2.75) is 78.8 Å². The van der Waals surface area contributed by atoms with Gasteiger partial charge in [-0.1, -0.05) is 40.0 Å². The highest BCUT2D eigenvalue weighted by Gasteiger charge is 2.23. The van der Waals surface area contributed by atoms with E-state index in [4.69, 9.17) is 5.10 Å². The molecule has 1 heterocycles. The van der Waals surface area contributed by atoms with Crippen LogP contribution in [0.1, 0.15) is 64.8 Å². The highest BCUT2D eigenvalue weighted by atomic mass is 79.9. The molecule has 0 saturated carbocycles. The van der Waals surface area contributed by atoms with Gasteiger partial charge in [-0.15, -0.1) is 0 Å². The molecule has 1 N–H and O–H groups in total.